The molecular formula is C64H46N2. The van der Waals surface area contributed by atoms with E-state index in [9.17, 15) is 0 Å². The van der Waals surface area contributed by atoms with Crippen molar-refractivity contribution in [2.75, 3.05) is 9.80 Å². The Kier molecular flexibility index (Phi) is 9.65. The summed E-state index contributed by atoms with van der Waals surface area (Å²) in [6.07, 6.45) is 0. The van der Waals surface area contributed by atoms with Crippen LogP contribution in [-0.4, -0.2) is 0 Å². The molecule has 0 N–H and O–H groups in total. The lowest BCUT2D eigenvalue weighted by atomic mass is 9.87. The third kappa shape index (κ3) is 7.01. The zero-order valence-corrected chi connectivity index (χ0v) is 37.0. The highest BCUT2D eigenvalue weighted by Gasteiger charge is 2.18. The van der Waals surface area contributed by atoms with Crippen LogP contribution in [0.3, 0.4) is 0 Å². The van der Waals surface area contributed by atoms with E-state index < -0.39 is 0 Å². The van der Waals surface area contributed by atoms with Crippen LogP contribution in [0.25, 0.3) is 76.1 Å². The van der Waals surface area contributed by atoms with Gasteiger partial charge in [-0.3, -0.25) is 0 Å². The van der Waals surface area contributed by atoms with Crippen molar-refractivity contribution in [2.45, 2.75) is 13.8 Å². The van der Waals surface area contributed by atoms with Gasteiger partial charge in [-0.1, -0.05) is 157 Å². The first-order chi connectivity index (χ1) is 32.5. The highest BCUT2D eigenvalue weighted by molar-refractivity contribution is 6.26. The van der Waals surface area contributed by atoms with E-state index in [0.29, 0.717) is 0 Å². The number of benzene rings is 12. The van der Waals surface area contributed by atoms with E-state index in [2.05, 4.69) is 266 Å². The van der Waals surface area contributed by atoms with E-state index in [-0.39, 0.29) is 0 Å². The monoisotopic (exact) mass is 842 g/mol. The van der Waals surface area contributed by atoms with Crippen LogP contribution >= 0.6 is 0 Å². The fourth-order valence-electron chi connectivity index (χ4n) is 9.97. The molecule has 0 fully saturated rings. The first kappa shape index (κ1) is 39.2. The van der Waals surface area contributed by atoms with Gasteiger partial charge in [-0.2, -0.15) is 0 Å². The van der Waals surface area contributed by atoms with E-state index in [1.807, 2.05) is 0 Å². The van der Waals surface area contributed by atoms with Crippen LogP contribution in [0.5, 0.6) is 0 Å². The highest BCUT2D eigenvalue weighted by atomic mass is 15.1. The molecule has 0 saturated heterocycles. The van der Waals surface area contributed by atoms with Crippen LogP contribution in [0.15, 0.2) is 243 Å². The second kappa shape index (κ2) is 16.3. The molecule has 0 saturated carbocycles. The van der Waals surface area contributed by atoms with Gasteiger partial charge in [0.2, 0.25) is 0 Å². The number of para-hydroxylation sites is 2. The van der Waals surface area contributed by atoms with Crippen molar-refractivity contribution in [1.29, 1.82) is 0 Å². The summed E-state index contributed by atoms with van der Waals surface area (Å²) in [6.45, 7) is 4.27. The lowest BCUT2D eigenvalue weighted by Crippen LogP contribution is -2.09. The molecule has 0 heterocycles. The van der Waals surface area contributed by atoms with Crippen LogP contribution < -0.4 is 9.80 Å². The quantitative estimate of drug-likeness (QED) is 0.141. The summed E-state index contributed by atoms with van der Waals surface area (Å²) in [5.74, 6) is 0. The minimum Gasteiger partial charge on any atom is -0.310 e. The Bertz CT molecular complexity index is 3520. The van der Waals surface area contributed by atoms with E-state index in [1.54, 1.807) is 0 Å². The Morgan fingerprint density at radius 1 is 0.242 bits per heavy atom. The minimum absolute atomic E-state index is 1.13. The maximum Gasteiger partial charge on any atom is 0.0468 e. The molecule has 0 aliphatic carbocycles. The molecule has 12 aromatic carbocycles. The van der Waals surface area contributed by atoms with Crippen molar-refractivity contribution in [2.24, 2.45) is 0 Å². The summed E-state index contributed by atoms with van der Waals surface area (Å²) in [4.78, 5) is 4.68. The van der Waals surface area contributed by atoms with Gasteiger partial charge in [0.25, 0.3) is 0 Å². The number of nitrogens with zero attached hydrogens (tertiary/aromatic N) is 2. The third-order valence-electron chi connectivity index (χ3n) is 13.3. The van der Waals surface area contributed by atoms with Crippen molar-refractivity contribution >= 4 is 88.0 Å². The van der Waals surface area contributed by atoms with E-state index >= 15 is 0 Å². The fourth-order valence-corrected chi connectivity index (χ4v) is 9.97. The van der Waals surface area contributed by atoms with Crippen LogP contribution in [0.2, 0.25) is 0 Å². The first-order valence-corrected chi connectivity index (χ1v) is 22.8. The molecule has 0 unspecified atom stereocenters. The molecule has 0 amide bonds. The van der Waals surface area contributed by atoms with Gasteiger partial charge in [-0.05, 0) is 187 Å². The zero-order valence-electron chi connectivity index (χ0n) is 37.0. The highest BCUT2D eigenvalue weighted by Crippen LogP contribution is 2.44. The number of rotatable bonds is 8. The van der Waals surface area contributed by atoms with Crippen LogP contribution in [-0.2, 0) is 0 Å². The van der Waals surface area contributed by atoms with Gasteiger partial charge in [-0.15, -0.1) is 0 Å². The number of hydrogen-bond acceptors (Lipinski definition) is 2. The van der Waals surface area contributed by atoms with Crippen molar-refractivity contribution in [3.05, 3.63) is 254 Å². The Hall–Kier alpha value is -8.46. The Morgan fingerprint density at radius 3 is 1.00 bits per heavy atom. The number of hydrogen-bond donors (Lipinski definition) is 0. The largest absolute Gasteiger partial charge is 0.310 e. The smallest absolute Gasteiger partial charge is 0.0468 e. The molecule has 2 nitrogen and oxygen atoms in total. The standard InChI is InChI=1S/C64H46N2/c1-43-21-31-54(32-22-43)65(52-13-5-3-6-14-52)56-35-29-45-37-49(27-25-47(45)39-56)62-41-51-42-63(59-18-10-12-20-61(59)64(51)60-19-11-9-17-58(60)62)50-28-26-48-40-57(36-30-46(48)38-50)66(53-15-7-4-8-16-53)55-33-23-44(2)24-34-55/h3-42H,1-2H3. The second-order valence-electron chi connectivity index (χ2n) is 17.5. The van der Waals surface area contributed by atoms with Gasteiger partial charge in [0.05, 0.1) is 0 Å². The summed E-state index contributed by atoms with van der Waals surface area (Å²) in [6, 6.07) is 89.1. The predicted molar refractivity (Wildman–Crippen MR) is 284 cm³/mol. The number of aryl methyl sites for hydroxylation is 2. The summed E-state index contributed by atoms with van der Waals surface area (Å²) >= 11 is 0. The average molecular weight is 843 g/mol. The lowest BCUT2D eigenvalue weighted by Gasteiger charge is -2.26. The summed E-state index contributed by atoms with van der Waals surface area (Å²) < 4.78 is 0. The Labute approximate surface area is 385 Å². The Balaban J connectivity index is 0.964. The predicted octanol–water partition coefficient (Wildman–Crippen LogP) is 18.3. The maximum atomic E-state index is 2.42. The van der Waals surface area contributed by atoms with Crippen LogP contribution in [0.4, 0.5) is 34.1 Å². The molecule has 0 aromatic heterocycles. The SMILES string of the molecule is Cc1ccc(N(c2ccccc2)c2ccc3cc(-c4cc5cc(-c6ccc7cc(N(c8ccccc8)c8ccc(C)cc8)ccc7c6)c6ccccc6c5c5ccccc45)ccc3c2)cc1. The van der Waals surface area contributed by atoms with Gasteiger partial charge in [-0.25, -0.2) is 0 Å². The third-order valence-corrected chi connectivity index (χ3v) is 13.3. The fraction of sp³-hybridized carbons (Fsp3) is 0.0312. The van der Waals surface area contributed by atoms with Crippen molar-refractivity contribution in [1.82, 2.24) is 0 Å². The van der Waals surface area contributed by atoms with Gasteiger partial charge in [0, 0.05) is 34.1 Å². The topological polar surface area (TPSA) is 6.48 Å². The molecule has 0 bridgehead atoms. The van der Waals surface area contributed by atoms with Gasteiger partial charge in [0.15, 0.2) is 0 Å². The molecule has 2 heteroatoms. The Morgan fingerprint density at radius 2 is 0.576 bits per heavy atom. The average Bonchev–Trinajstić information content (AvgIpc) is 3.37. The van der Waals surface area contributed by atoms with Crippen molar-refractivity contribution < 1.29 is 0 Å². The summed E-state index contributed by atoms with van der Waals surface area (Å²) in [7, 11) is 0. The van der Waals surface area contributed by atoms with E-state index in [0.717, 1.165) is 34.1 Å². The summed E-state index contributed by atoms with van der Waals surface area (Å²) in [5, 5.41) is 12.4. The van der Waals surface area contributed by atoms with E-state index in [4.69, 9.17) is 0 Å². The second-order valence-corrected chi connectivity index (χ2v) is 17.5. The molecule has 0 atom stereocenters. The first-order valence-electron chi connectivity index (χ1n) is 22.8. The molecule has 12 rings (SSSR count). The van der Waals surface area contributed by atoms with Crippen molar-refractivity contribution in [3.8, 4) is 22.3 Å². The summed E-state index contributed by atoms with van der Waals surface area (Å²) in [5.41, 5.74) is 14.2. The van der Waals surface area contributed by atoms with Crippen molar-refractivity contribution in [3.63, 3.8) is 0 Å². The lowest BCUT2D eigenvalue weighted by molar-refractivity contribution is 1.28. The zero-order chi connectivity index (χ0) is 44.1. The molecule has 0 aliphatic rings. The van der Waals surface area contributed by atoms with Gasteiger partial charge >= 0.3 is 0 Å². The molecule has 66 heavy (non-hydrogen) atoms. The van der Waals surface area contributed by atoms with Gasteiger partial charge < -0.3 is 9.80 Å². The minimum atomic E-state index is 1.13. The molecule has 0 radical (unpaired) electrons. The maximum absolute atomic E-state index is 2.42. The van der Waals surface area contributed by atoms with Crippen LogP contribution in [0.1, 0.15) is 11.1 Å². The molecule has 0 aliphatic heterocycles. The molecule has 12 aromatic rings. The number of anilines is 6. The molecule has 312 valence electrons. The molecular weight excluding hydrogens is 797 g/mol. The van der Waals surface area contributed by atoms with E-state index in [1.165, 1.54) is 87.2 Å². The molecule has 0 spiro atoms. The van der Waals surface area contributed by atoms with Gasteiger partial charge in [0.1, 0.15) is 0 Å². The van der Waals surface area contributed by atoms with Crippen LogP contribution in [0, 0.1) is 13.8 Å². The number of fused-ring (bicyclic) bond motifs is 7. The normalized spacial score (nSPS) is 11.5.